The molecule has 0 atom stereocenters. The van der Waals surface area contributed by atoms with E-state index in [1.807, 2.05) is 0 Å². The molecular formula is C17H30N2O2. The van der Waals surface area contributed by atoms with Crippen LogP contribution in [0.1, 0.15) is 78.1 Å². The molecular weight excluding hydrogens is 264 g/mol. The molecule has 2 saturated carbocycles. The summed E-state index contributed by atoms with van der Waals surface area (Å²) in [5, 5.41) is 0. The van der Waals surface area contributed by atoms with Gasteiger partial charge in [-0.05, 0) is 32.6 Å². The summed E-state index contributed by atoms with van der Waals surface area (Å²) in [5.41, 5.74) is 0. The van der Waals surface area contributed by atoms with Gasteiger partial charge in [0, 0.05) is 6.92 Å². The van der Waals surface area contributed by atoms with E-state index in [9.17, 15) is 4.79 Å². The first kappa shape index (κ1) is 17.9. The Morgan fingerprint density at radius 3 is 1.67 bits per heavy atom. The molecule has 0 radical (unpaired) electrons. The van der Waals surface area contributed by atoms with Gasteiger partial charge in [-0.2, -0.15) is 0 Å². The molecule has 0 saturated heterocycles. The maximum atomic E-state index is 9.82. The van der Waals surface area contributed by atoms with Crippen molar-refractivity contribution in [2.45, 2.75) is 90.1 Å². The molecule has 0 N–H and O–H groups in total. The van der Waals surface area contributed by atoms with Crippen LogP contribution in [0.15, 0.2) is 9.98 Å². The summed E-state index contributed by atoms with van der Waals surface area (Å²) in [6, 6.07) is 4.04. The number of nitrogens with zero attached hydrogens (tertiary/aromatic N) is 2. The van der Waals surface area contributed by atoms with Crippen molar-refractivity contribution in [3.8, 4) is 0 Å². The Balaban J connectivity index is 0.000000315. The van der Waals surface area contributed by atoms with Crippen molar-refractivity contribution in [1.29, 1.82) is 0 Å². The van der Waals surface area contributed by atoms with Gasteiger partial charge in [0.2, 0.25) is 0 Å². The van der Waals surface area contributed by atoms with E-state index in [1.54, 1.807) is 6.92 Å². The van der Waals surface area contributed by atoms with Gasteiger partial charge in [-0.1, -0.05) is 38.5 Å². The lowest BCUT2D eigenvalue weighted by atomic mass is 9.96. The van der Waals surface area contributed by atoms with E-state index < -0.39 is 0 Å². The zero-order chi connectivity index (χ0) is 15.3. The minimum atomic E-state index is -0.211. The lowest BCUT2D eigenvalue weighted by molar-refractivity contribution is -0.140. The largest absolute Gasteiger partial charge is 0.466 e. The Hall–Kier alpha value is -1.15. The van der Waals surface area contributed by atoms with E-state index in [0.717, 1.165) is 0 Å². The van der Waals surface area contributed by atoms with E-state index in [1.165, 1.54) is 71.1 Å². The van der Waals surface area contributed by atoms with Crippen molar-refractivity contribution >= 4 is 12.0 Å². The van der Waals surface area contributed by atoms with Crippen LogP contribution in [-0.2, 0) is 9.53 Å². The number of esters is 1. The van der Waals surface area contributed by atoms with Crippen LogP contribution in [0.3, 0.4) is 0 Å². The molecule has 2 aliphatic carbocycles. The van der Waals surface area contributed by atoms with E-state index in [4.69, 9.17) is 0 Å². The normalized spacial score (nSPS) is 19.7. The van der Waals surface area contributed by atoms with E-state index in [0.29, 0.717) is 18.7 Å². The Morgan fingerprint density at radius 1 is 0.952 bits per heavy atom. The number of carbonyl (C=O) groups excluding carboxylic acids is 1. The lowest BCUT2D eigenvalue weighted by Gasteiger charge is -2.17. The lowest BCUT2D eigenvalue weighted by Crippen LogP contribution is -2.10. The summed E-state index contributed by atoms with van der Waals surface area (Å²) in [6.45, 7) is 3.65. The zero-order valence-corrected chi connectivity index (χ0v) is 13.6. The summed E-state index contributed by atoms with van der Waals surface area (Å²) in [4.78, 5) is 18.7. The molecule has 0 spiro atoms. The number of ether oxygens (including phenoxy) is 1. The summed E-state index contributed by atoms with van der Waals surface area (Å²) < 4.78 is 4.40. The SMILES string of the molecule is C(=NC1CCCCC1)=NC1CCCCC1.CCOC(C)=O. The van der Waals surface area contributed by atoms with Crippen LogP contribution in [0, 0.1) is 0 Å². The molecule has 2 fully saturated rings. The molecule has 2 rings (SSSR count). The van der Waals surface area contributed by atoms with Gasteiger partial charge in [0.05, 0.1) is 24.7 Å². The molecule has 2 aliphatic rings. The molecule has 21 heavy (non-hydrogen) atoms. The Bertz CT molecular complexity index is 315. The molecule has 120 valence electrons. The van der Waals surface area contributed by atoms with Crippen LogP contribution in [-0.4, -0.2) is 30.7 Å². The van der Waals surface area contributed by atoms with E-state index >= 15 is 0 Å². The Morgan fingerprint density at radius 2 is 1.38 bits per heavy atom. The minimum Gasteiger partial charge on any atom is -0.466 e. The van der Waals surface area contributed by atoms with Gasteiger partial charge in [0.15, 0.2) is 0 Å². The van der Waals surface area contributed by atoms with E-state index in [2.05, 4.69) is 20.7 Å². The summed E-state index contributed by atoms with van der Waals surface area (Å²) in [6.07, 6.45) is 13.2. The van der Waals surface area contributed by atoms with Crippen LogP contribution in [0.5, 0.6) is 0 Å². The molecule has 4 nitrogen and oxygen atoms in total. The fraction of sp³-hybridized carbons (Fsp3) is 0.882. The number of hydrogen-bond donors (Lipinski definition) is 0. The Labute approximate surface area is 129 Å². The molecule has 0 aliphatic heterocycles. The zero-order valence-electron chi connectivity index (χ0n) is 13.6. The van der Waals surface area contributed by atoms with Gasteiger partial charge in [-0.15, -0.1) is 0 Å². The highest BCUT2D eigenvalue weighted by atomic mass is 16.5. The first-order valence-corrected chi connectivity index (χ1v) is 8.50. The third-order valence-electron chi connectivity index (χ3n) is 3.98. The van der Waals surface area contributed by atoms with Gasteiger partial charge in [0.25, 0.3) is 0 Å². The molecule has 0 heterocycles. The standard InChI is InChI=1S/C13H22N2.C4H8O2/c1-3-7-12(8-4-1)14-11-15-13-9-5-2-6-10-13;1-3-6-4(2)5/h12-13H,1-10H2;3H2,1-2H3. The topological polar surface area (TPSA) is 51.0 Å². The predicted octanol–water partition coefficient (Wildman–Crippen LogP) is 4.40. The average molecular weight is 294 g/mol. The van der Waals surface area contributed by atoms with Gasteiger partial charge in [-0.3, -0.25) is 4.79 Å². The molecule has 0 amide bonds. The van der Waals surface area contributed by atoms with Gasteiger partial charge < -0.3 is 4.74 Å². The predicted molar refractivity (Wildman–Crippen MR) is 85.9 cm³/mol. The van der Waals surface area contributed by atoms with Crippen molar-refractivity contribution in [3.05, 3.63) is 0 Å². The van der Waals surface area contributed by atoms with Crippen LogP contribution in [0.4, 0.5) is 0 Å². The first-order chi connectivity index (χ1) is 10.2. The third kappa shape index (κ3) is 9.41. The smallest absolute Gasteiger partial charge is 0.302 e. The highest BCUT2D eigenvalue weighted by molar-refractivity contribution is 5.65. The second-order valence-electron chi connectivity index (χ2n) is 5.87. The molecule has 0 aromatic carbocycles. The summed E-state index contributed by atoms with van der Waals surface area (Å²) >= 11 is 0. The molecule has 0 unspecified atom stereocenters. The second-order valence-corrected chi connectivity index (χ2v) is 5.87. The molecule has 0 aromatic rings. The number of hydrogen-bond acceptors (Lipinski definition) is 4. The van der Waals surface area contributed by atoms with Crippen molar-refractivity contribution in [3.63, 3.8) is 0 Å². The molecule has 4 heteroatoms. The van der Waals surface area contributed by atoms with Crippen molar-refractivity contribution in [2.24, 2.45) is 9.98 Å². The summed E-state index contributed by atoms with van der Waals surface area (Å²) in [7, 11) is 0. The molecule has 0 bridgehead atoms. The monoisotopic (exact) mass is 294 g/mol. The van der Waals surface area contributed by atoms with Crippen molar-refractivity contribution in [2.75, 3.05) is 6.61 Å². The minimum absolute atomic E-state index is 0.211. The fourth-order valence-electron chi connectivity index (χ4n) is 2.82. The van der Waals surface area contributed by atoms with Crippen LogP contribution in [0.2, 0.25) is 0 Å². The van der Waals surface area contributed by atoms with Crippen LogP contribution < -0.4 is 0 Å². The first-order valence-electron chi connectivity index (χ1n) is 8.50. The quantitative estimate of drug-likeness (QED) is 0.572. The number of aliphatic imine (C=N–C) groups is 2. The maximum Gasteiger partial charge on any atom is 0.302 e. The van der Waals surface area contributed by atoms with Crippen molar-refractivity contribution < 1.29 is 9.53 Å². The number of carbonyl (C=O) groups is 1. The van der Waals surface area contributed by atoms with Gasteiger partial charge in [-0.25, -0.2) is 9.98 Å². The third-order valence-corrected chi connectivity index (χ3v) is 3.98. The fourth-order valence-corrected chi connectivity index (χ4v) is 2.82. The van der Waals surface area contributed by atoms with E-state index in [-0.39, 0.29) is 5.97 Å². The highest BCUT2D eigenvalue weighted by Crippen LogP contribution is 2.21. The van der Waals surface area contributed by atoms with Crippen LogP contribution >= 0.6 is 0 Å². The number of rotatable bonds is 3. The Kier molecular flexibility index (Phi) is 9.81. The van der Waals surface area contributed by atoms with Crippen molar-refractivity contribution in [1.82, 2.24) is 0 Å². The van der Waals surface area contributed by atoms with Gasteiger partial charge >= 0.3 is 5.97 Å². The van der Waals surface area contributed by atoms with Gasteiger partial charge in [0.1, 0.15) is 0 Å². The summed E-state index contributed by atoms with van der Waals surface area (Å²) in [5.74, 6) is -0.211. The second kappa shape index (κ2) is 11.5. The molecule has 0 aromatic heterocycles. The van der Waals surface area contributed by atoms with Crippen LogP contribution in [0.25, 0.3) is 0 Å². The average Bonchev–Trinajstić information content (AvgIpc) is 2.50. The highest BCUT2D eigenvalue weighted by Gasteiger charge is 2.12. The maximum absolute atomic E-state index is 9.82.